The second kappa shape index (κ2) is 6.49. The van der Waals surface area contributed by atoms with E-state index in [2.05, 4.69) is 0 Å². The Morgan fingerprint density at radius 2 is 1.33 bits per heavy atom. The molecule has 0 aliphatic carbocycles. The number of sulfonamides is 1. The summed E-state index contributed by atoms with van der Waals surface area (Å²) in [5.74, 6) is 0. The fraction of sp³-hybridized carbons (Fsp3) is 0.100. The first-order valence-electron chi connectivity index (χ1n) is 7.69. The molecule has 3 aromatic carbocycles. The summed E-state index contributed by atoms with van der Waals surface area (Å²) in [4.78, 5) is 0. The van der Waals surface area contributed by atoms with Gasteiger partial charge in [0.25, 0.3) is 0 Å². The van der Waals surface area contributed by atoms with Gasteiger partial charge in [0.05, 0.1) is 17.6 Å². The Balaban J connectivity index is 2.30. The zero-order valence-electron chi connectivity index (χ0n) is 13.7. The molecule has 0 N–H and O–H groups in total. The molecule has 0 unspecified atom stereocenters. The maximum Gasteiger partial charge on any atom is 0.236 e. The molecule has 0 amide bonds. The minimum Gasteiger partial charge on any atom is -0.238 e. The third-order valence-corrected chi connectivity index (χ3v) is 4.90. The van der Waals surface area contributed by atoms with Crippen molar-refractivity contribution in [2.45, 2.75) is 6.92 Å². The predicted molar refractivity (Wildman–Crippen MR) is 100 cm³/mol. The quantitative estimate of drug-likeness (QED) is 0.688. The molecule has 122 valence electrons. The van der Waals surface area contributed by atoms with Crippen LogP contribution in [0.2, 0.25) is 0 Å². The van der Waals surface area contributed by atoms with Crippen molar-refractivity contribution < 1.29 is 8.42 Å². The Labute approximate surface area is 143 Å². The van der Waals surface area contributed by atoms with Crippen molar-refractivity contribution in [3.63, 3.8) is 0 Å². The molecule has 0 aliphatic rings. The average Bonchev–Trinajstić information content (AvgIpc) is 2.57. The zero-order chi connectivity index (χ0) is 17.2. The highest BCUT2D eigenvalue weighted by molar-refractivity contribution is 7.92. The Kier molecular flexibility index (Phi) is 4.40. The normalized spacial score (nSPS) is 11.2. The summed E-state index contributed by atoms with van der Waals surface area (Å²) in [5.41, 5.74) is 4.11. The molecule has 3 aromatic rings. The van der Waals surface area contributed by atoms with E-state index in [1.165, 1.54) is 10.6 Å². The summed E-state index contributed by atoms with van der Waals surface area (Å²) in [5, 5.41) is 0. The van der Waals surface area contributed by atoms with Gasteiger partial charge in [0.1, 0.15) is 0 Å². The topological polar surface area (TPSA) is 37.4 Å². The van der Waals surface area contributed by atoms with E-state index in [1.54, 1.807) is 0 Å². The first-order chi connectivity index (χ1) is 11.5. The smallest absolute Gasteiger partial charge is 0.236 e. The lowest BCUT2D eigenvalue weighted by atomic mass is 10.0. The second-order valence-corrected chi connectivity index (χ2v) is 7.53. The van der Waals surface area contributed by atoms with E-state index < -0.39 is 10.0 Å². The summed E-state index contributed by atoms with van der Waals surface area (Å²) in [6.07, 6.45) is 1.24. The van der Waals surface area contributed by atoms with Crippen LogP contribution in [0.3, 0.4) is 0 Å². The molecule has 4 heteroatoms. The molecule has 3 nitrogen and oxygen atoms in total. The van der Waals surface area contributed by atoms with Crippen LogP contribution in [0.4, 0.5) is 11.4 Å². The van der Waals surface area contributed by atoms with Gasteiger partial charge in [-0.2, -0.15) is 0 Å². The van der Waals surface area contributed by atoms with Crippen LogP contribution >= 0.6 is 0 Å². The first-order valence-corrected chi connectivity index (χ1v) is 9.54. The molecule has 0 atom stereocenters. The lowest BCUT2D eigenvalue weighted by Crippen LogP contribution is -2.26. The monoisotopic (exact) mass is 337 g/mol. The van der Waals surface area contributed by atoms with Crippen molar-refractivity contribution in [3.05, 3.63) is 84.4 Å². The molecule has 0 aliphatic heterocycles. The molecular weight excluding hydrogens is 318 g/mol. The van der Waals surface area contributed by atoms with Gasteiger partial charge in [-0.25, -0.2) is 12.7 Å². The van der Waals surface area contributed by atoms with E-state index in [4.69, 9.17) is 0 Å². The van der Waals surface area contributed by atoms with Crippen LogP contribution < -0.4 is 4.31 Å². The fourth-order valence-electron chi connectivity index (χ4n) is 2.83. The maximum atomic E-state index is 12.6. The van der Waals surface area contributed by atoms with Crippen molar-refractivity contribution in [1.29, 1.82) is 0 Å². The maximum absolute atomic E-state index is 12.6. The van der Waals surface area contributed by atoms with Gasteiger partial charge in [-0.1, -0.05) is 66.7 Å². The van der Waals surface area contributed by atoms with Crippen LogP contribution in [0.5, 0.6) is 0 Å². The van der Waals surface area contributed by atoms with Gasteiger partial charge in [0.15, 0.2) is 0 Å². The summed E-state index contributed by atoms with van der Waals surface area (Å²) in [7, 11) is -3.49. The zero-order valence-corrected chi connectivity index (χ0v) is 14.5. The minimum absolute atomic E-state index is 0.631. The van der Waals surface area contributed by atoms with Crippen molar-refractivity contribution in [2.24, 2.45) is 0 Å². The van der Waals surface area contributed by atoms with Crippen LogP contribution in [0.15, 0.2) is 78.9 Å². The molecule has 0 fully saturated rings. The number of nitrogens with zero attached hydrogens (tertiary/aromatic N) is 1. The van der Waals surface area contributed by atoms with Crippen LogP contribution in [0, 0.1) is 6.92 Å². The van der Waals surface area contributed by atoms with E-state index in [1.807, 2.05) is 85.8 Å². The molecule has 0 aromatic heterocycles. The summed E-state index contributed by atoms with van der Waals surface area (Å²) >= 11 is 0. The number of para-hydroxylation sites is 2. The molecule has 0 heterocycles. The molecule has 3 rings (SSSR count). The Hall–Kier alpha value is -2.59. The Bertz CT molecular complexity index is 936. The van der Waals surface area contributed by atoms with Gasteiger partial charge < -0.3 is 0 Å². The number of hydrogen-bond donors (Lipinski definition) is 0. The van der Waals surface area contributed by atoms with E-state index >= 15 is 0 Å². The molecule has 24 heavy (non-hydrogen) atoms. The van der Waals surface area contributed by atoms with Crippen molar-refractivity contribution >= 4 is 21.4 Å². The predicted octanol–water partition coefficient (Wildman–Crippen LogP) is 4.76. The van der Waals surface area contributed by atoms with Crippen molar-refractivity contribution in [3.8, 4) is 11.1 Å². The number of anilines is 2. The third-order valence-electron chi connectivity index (χ3n) is 3.85. The highest BCUT2D eigenvalue weighted by Crippen LogP contribution is 2.39. The number of aryl methyl sites for hydroxylation is 1. The summed E-state index contributed by atoms with van der Waals surface area (Å²) < 4.78 is 26.6. The van der Waals surface area contributed by atoms with Gasteiger partial charge in [-0.3, -0.25) is 0 Å². The Morgan fingerprint density at radius 3 is 1.92 bits per heavy atom. The lowest BCUT2D eigenvalue weighted by Gasteiger charge is -2.27. The van der Waals surface area contributed by atoms with Crippen LogP contribution in [-0.4, -0.2) is 14.7 Å². The lowest BCUT2D eigenvalue weighted by molar-refractivity contribution is 0.602. The minimum atomic E-state index is -3.49. The van der Waals surface area contributed by atoms with E-state index in [0.717, 1.165) is 16.7 Å². The SMILES string of the molecule is Cc1cccc(-c2ccccc2)c1N(c1ccccc1)S(C)(=O)=O. The molecule has 0 saturated carbocycles. The fourth-order valence-corrected chi connectivity index (χ4v) is 3.91. The van der Waals surface area contributed by atoms with Crippen LogP contribution in [0.25, 0.3) is 11.1 Å². The van der Waals surface area contributed by atoms with Gasteiger partial charge in [-0.15, -0.1) is 0 Å². The third kappa shape index (κ3) is 3.19. The van der Waals surface area contributed by atoms with E-state index in [9.17, 15) is 8.42 Å². The van der Waals surface area contributed by atoms with Gasteiger partial charge in [0.2, 0.25) is 10.0 Å². The number of rotatable bonds is 4. The second-order valence-electron chi connectivity index (χ2n) is 5.70. The van der Waals surface area contributed by atoms with Crippen molar-refractivity contribution in [1.82, 2.24) is 0 Å². The molecule has 0 saturated heterocycles. The number of benzene rings is 3. The molecule has 0 bridgehead atoms. The highest BCUT2D eigenvalue weighted by atomic mass is 32.2. The van der Waals surface area contributed by atoms with Crippen LogP contribution in [0.1, 0.15) is 5.56 Å². The standard InChI is InChI=1S/C20H19NO2S/c1-16-10-9-15-19(17-11-5-3-6-12-17)20(16)21(24(2,22)23)18-13-7-4-8-14-18/h3-15H,1-2H3. The first kappa shape index (κ1) is 16.3. The summed E-state index contributed by atoms with van der Waals surface area (Å²) in [6, 6.07) is 24.8. The number of hydrogen-bond acceptors (Lipinski definition) is 2. The van der Waals surface area contributed by atoms with Crippen molar-refractivity contribution in [2.75, 3.05) is 10.6 Å². The summed E-state index contributed by atoms with van der Waals surface area (Å²) in [6.45, 7) is 1.93. The molecular formula is C20H19NO2S. The van der Waals surface area contributed by atoms with Gasteiger partial charge in [0, 0.05) is 5.56 Å². The molecule has 0 radical (unpaired) electrons. The van der Waals surface area contributed by atoms with Gasteiger partial charge >= 0.3 is 0 Å². The van der Waals surface area contributed by atoms with E-state index in [-0.39, 0.29) is 0 Å². The Morgan fingerprint density at radius 1 is 0.750 bits per heavy atom. The molecule has 0 spiro atoms. The average molecular weight is 337 g/mol. The highest BCUT2D eigenvalue weighted by Gasteiger charge is 2.24. The van der Waals surface area contributed by atoms with Gasteiger partial charge in [-0.05, 0) is 30.2 Å². The van der Waals surface area contributed by atoms with Crippen LogP contribution in [-0.2, 0) is 10.0 Å². The van der Waals surface area contributed by atoms with E-state index in [0.29, 0.717) is 11.4 Å². The largest absolute Gasteiger partial charge is 0.238 e.